The summed E-state index contributed by atoms with van der Waals surface area (Å²) in [4.78, 5) is 4.75. The molecule has 18 aromatic rings. The largest absolute Gasteiger partial charge is 0.358 e. The molecule has 12 heteroatoms. The predicted molar refractivity (Wildman–Crippen MR) is 662 cm³/mol. The van der Waals surface area contributed by atoms with Crippen molar-refractivity contribution < 1.29 is 18.4 Å². The number of fused-ring (bicyclic) bond motifs is 21. The normalized spacial score (nSPS) is 12.1. The number of aromatic nitrogens is 7. The summed E-state index contributed by atoms with van der Waals surface area (Å²) in [5.41, 5.74) is 27.3. The number of hydrogen-bond acceptors (Lipinski definition) is 4. The molecule has 0 N–H and O–H groups in total. The second kappa shape index (κ2) is 71.2. The number of rotatable bonds is 3. The number of anilines is 2. The van der Waals surface area contributed by atoms with Gasteiger partial charge in [-0.05, 0) is 185 Å². The molecule has 4 aliphatic heterocycles. The van der Waals surface area contributed by atoms with Crippen LogP contribution in [0.15, 0.2) is 328 Å². The van der Waals surface area contributed by atoms with Crippen LogP contribution in [0.1, 0.15) is 274 Å². The Morgan fingerprint density at radius 3 is 1.14 bits per heavy atom. The number of hydrazine groups is 1. The Kier molecular flexibility index (Phi) is 63.7. The molecule has 0 fully saturated rings. The molecule has 147 heavy (non-hydrogen) atoms. The lowest BCUT2D eigenvalue weighted by Gasteiger charge is -2.36. The minimum Gasteiger partial charge on any atom is -0.358 e. The first-order chi connectivity index (χ1) is 72.0. The highest BCUT2D eigenvalue weighted by Crippen LogP contribution is 2.49. The van der Waals surface area contributed by atoms with Gasteiger partial charge in [0.25, 0.3) is 17.3 Å². The number of allylic oxidation sites excluding steroid dienone is 1. The number of likely N-dealkylation sites (N-methyl/N-ethyl adjacent to an activating group) is 1. The van der Waals surface area contributed by atoms with E-state index in [1.165, 1.54) is 177 Å². The summed E-state index contributed by atoms with van der Waals surface area (Å²) in [5.74, 6) is 2.93. The lowest BCUT2D eigenvalue weighted by molar-refractivity contribution is -0.735. The third-order valence-electron chi connectivity index (χ3n) is 23.6. The van der Waals surface area contributed by atoms with Gasteiger partial charge in [-0.2, -0.15) is 13.7 Å². The first-order valence-corrected chi connectivity index (χ1v) is 56.0. The highest BCUT2D eigenvalue weighted by molar-refractivity contribution is 6.16. The van der Waals surface area contributed by atoms with Gasteiger partial charge in [0.15, 0.2) is 13.2 Å². The number of nitrogens with zero attached hydrogens (tertiary/aromatic N) is 12. The maximum absolute atomic E-state index is 2.47. The zero-order valence-electron chi connectivity index (χ0n) is 100. The molecule has 0 aliphatic carbocycles. The smallest absolute Gasteiger partial charge is 0.294 e. The first-order valence-electron chi connectivity index (χ1n) is 56.0. The monoisotopic (exact) mass is 1990 g/mol. The molecule has 11 heterocycles. The summed E-state index contributed by atoms with van der Waals surface area (Å²) in [7, 11) is 12.7. The summed E-state index contributed by atoms with van der Waals surface area (Å²) >= 11 is 0. The molecule has 2 atom stereocenters. The minimum absolute atomic E-state index is 0.359. The number of benzene rings is 11. The van der Waals surface area contributed by atoms with E-state index >= 15 is 0 Å². The van der Waals surface area contributed by atoms with Gasteiger partial charge in [0.05, 0.1) is 68.1 Å². The van der Waals surface area contributed by atoms with Crippen LogP contribution in [-0.2, 0) is 21.1 Å². The average molecular weight is 1990 g/mol. The molecule has 0 saturated carbocycles. The lowest BCUT2D eigenvalue weighted by atomic mass is 9.90. The van der Waals surface area contributed by atoms with E-state index in [1.54, 1.807) is 0 Å². The van der Waals surface area contributed by atoms with E-state index in [9.17, 15) is 0 Å². The highest BCUT2D eigenvalue weighted by Gasteiger charge is 2.37. The molecule has 22 rings (SSSR count). The van der Waals surface area contributed by atoms with Crippen LogP contribution in [0.5, 0.6) is 0 Å². The van der Waals surface area contributed by atoms with Crippen molar-refractivity contribution in [3.63, 3.8) is 0 Å². The second-order valence-corrected chi connectivity index (χ2v) is 31.1. The van der Waals surface area contributed by atoms with E-state index < -0.39 is 0 Å². The SMILES string of the molecule is CC.CC.CC.CC.CC.CC.CC.CC.CC.CC.CC.CC.CC.CC.CC.CC.Cc1cccc2c1N1C(=CN(C)[C@@H]1C)c1ccccc1-2.Cc1cccc2c3ccccc3c3cc[n+](C)n3c12.Cc1cccc2c3ccccc3n(-c3cccc[n+]3C)c12.Cc1cccc2c3ccccc3n(C3=[N+](C)C=CC3C)c12.Cc1ccccc1-n1c2ccccc2c2ccc[n+](C)c21.Cc1ccccc1N1C=CCN1C. The van der Waals surface area contributed by atoms with Crippen LogP contribution in [0.2, 0.25) is 0 Å². The van der Waals surface area contributed by atoms with Crippen molar-refractivity contribution >= 4 is 116 Å². The third kappa shape index (κ3) is 30.4. The van der Waals surface area contributed by atoms with Crippen molar-refractivity contribution in [2.45, 2.75) is 283 Å². The number of pyridine rings is 3. The molecular formula is C135H196N12+4. The van der Waals surface area contributed by atoms with Gasteiger partial charge in [-0.15, -0.1) is 9.20 Å². The topological polar surface area (TPSA) is 46.8 Å². The summed E-state index contributed by atoms with van der Waals surface area (Å²) in [5, 5.41) is 16.2. The van der Waals surface area contributed by atoms with Gasteiger partial charge in [-0.25, -0.2) is 18.7 Å². The predicted octanol–water partition coefficient (Wildman–Crippen LogP) is 38.0. The molecule has 0 saturated heterocycles. The molecule has 7 aromatic heterocycles. The van der Waals surface area contributed by atoms with Gasteiger partial charge in [0.2, 0.25) is 0 Å². The van der Waals surface area contributed by atoms with E-state index in [0.29, 0.717) is 12.1 Å². The van der Waals surface area contributed by atoms with Crippen LogP contribution in [0.3, 0.4) is 0 Å². The Bertz CT molecular complexity index is 6790. The molecule has 0 radical (unpaired) electrons. The van der Waals surface area contributed by atoms with Gasteiger partial charge in [0, 0.05) is 94.0 Å². The average Bonchev–Trinajstić information content (AvgIpc) is 1.69. The first kappa shape index (κ1) is 132. The fourth-order valence-corrected chi connectivity index (χ4v) is 17.9. The summed E-state index contributed by atoms with van der Waals surface area (Å²) < 4.78 is 18.2. The highest BCUT2D eigenvalue weighted by atomic mass is 15.6. The summed E-state index contributed by atoms with van der Waals surface area (Å²) in [6.45, 7) is 82.6. The summed E-state index contributed by atoms with van der Waals surface area (Å²) in [6, 6.07) is 99.3. The lowest BCUT2D eigenvalue weighted by Crippen LogP contribution is -2.36. The fourth-order valence-electron chi connectivity index (χ4n) is 17.9. The minimum atomic E-state index is 0.359. The fraction of sp³-hybridized carbons (Fsp3) is 0.363. The number of para-hydroxylation sites is 9. The van der Waals surface area contributed by atoms with Crippen LogP contribution in [0.25, 0.3) is 121 Å². The second-order valence-electron chi connectivity index (χ2n) is 31.1. The summed E-state index contributed by atoms with van der Waals surface area (Å²) in [6.07, 6.45) is 17.6. The van der Waals surface area contributed by atoms with E-state index in [0.717, 1.165) is 6.54 Å². The van der Waals surface area contributed by atoms with Crippen LogP contribution in [0, 0.1) is 47.5 Å². The molecule has 4 aliphatic rings. The zero-order chi connectivity index (χ0) is 111. The van der Waals surface area contributed by atoms with E-state index in [-0.39, 0.29) is 0 Å². The molecule has 0 amide bonds. The van der Waals surface area contributed by atoms with Gasteiger partial charge in [-0.1, -0.05) is 416 Å². The number of hydrogen-bond donors (Lipinski definition) is 0. The van der Waals surface area contributed by atoms with E-state index in [1.807, 2.05) is 222 Å². The van der Waals surface area contributed by atoms with Crippen molar-refractivity contribution in [2.75, 3.05) is 37.6 Å². The molecule has 12 nitrogen and oxygen atoms in total. The van der Waals surface area contributed by atoms with Gasteiger partial charge in [-0.3, -0.25) is 5.01 Å². The molecule has 792 valence electrons. The van der Waals surface area contributed by atoms with Gasteiger partial charge >= 0.3 is 0 Å². The quantitative estimate of drug-likeness (QED) is 0.131. The standard InChI is InChI=1S/C19H19N2.2C19H17N2.C18H18N2.C17H15N2.C11H14N2.16C2H6/c1-13-7-6-9-16-15-8-4-5-10-17(15)21(18(13)16)19-14(2)11-12-20(19)3;1-14-8-3-5-11-17(14)21-18-12-6-4-9-15(18)16-10-7-13-20(2)19(16)21;1-14-8-7-10-16-15-9-3-4-11-17(15)21(19(14)16)18-12-5-6-13-20(18)2;1-12-7-6-10-16-14-8-4-5-9-15(14)17-11-19(3)13(2)20(17)18(12)16;1-12-6-5-9-15-13-7-3-4-8-14(13)16-10-11-18(2)19(16)17(12)15;1-10-6-3-4-7-11(10)13-9-5-8-12(13)2;16*1-2/h4-12,14H,1-3H3;2*3-13H,1-2H3;4-11,13H,1-3H3;3-11H,1-2H3;3-7,9H,8H2,1-2H3;16*1-2H3/q3*+1;;+1;;;;;;;;;;;;;;;;;/t;;;13-;;;;;;;;;;;;;;;;;;/m...0................../s1. The Morgan fingerprint density at radius 1 is 0.293 bits per heavy atom. The van der Waals surface area contributed by atoms with Crippen molar-refractivity contribution in [3.05, 3.63) is 367 Å². The molecule has 0 bridgehead atoms. The van der Waals surface area contributed by atoms with Crippen LogP contribution in [-0.4, -0.2) is 72.4 Å². The van der Waals surface area contributed by atoms with Crippen molar-refractivity contribution in [1.82, 2.24) is 28.1 Å². The molecular weight excluding hydrogens is 1790 g/mol. The van der Waals surface area contributed by atoms with Crippen LogP contribution < -0.4 is 23.7 Å². The van der Waals surface area contributed by atoms with Crippen molar-refractivity contribution in [3.8, 4) is 22.6 Å². The number of aryl methyl sites for hydroxylation is 9. The van der Waals surface area contributed by atoms with Crippen molar-refractivity contribution in [1.29, 1.82) is 0 Å². The van der Waals surface area contributed by atoms with Crippen molar-refractivity contribution in [2.24, 2.45) is 27.1 Å². The zero-order valence-corrected chi connectivity index (χ0v) is 100. The van der Waals surface area contributed by atoms with Crippen LogP contribution in [0.4, 0.5) is 11.4 Å². The maximum atomic E-state index is 2.47. The van der Waals surface area contributed by atoms with Gasteiger partial charge < -0.3 is 9.80 Å². The Balaban J connectivity index is 0.000000837. The van der Waals surface area contributed by atoms with E-state index in [4.69, 9.17) is 0 Å². The maximum Gasteiger partial charge on any atom is 0.294 e. The third-order valence-corrected chi connectivity index (χ3v) is 23.6. The Labute approximate surface area is 894 Å². The van der Waals surface area contributed by atoms with Crippen LogP contribution >= 0.6 is 0 Å². The Morgan fingerprint density at radius 2 is 0.660 bits per heavy atom. The van der Waals surface area contributed by atoms with E-state index in [2.05, 4.69) is 482 Å². The molecule has 1 unspecified atom stereocenters. The molecule has 0 spiro atoms. The molecule has 11 aromatic carbocycles. The van der Waals surface area contributed by atoms with Gasteiger partial charge in [0.1, 0.15) is 50.5 Å². The Hall–Kier alpha value is -13.4.